The molecule has 5 aromatic rings. The average molecular weight is 498 g/mol. The predicted molar refractivity (Wildman–Crippen MR) is 159 cm³/mol. The zero-order chi connectivity index (χ0) is 26.9. The Morgan fingerprint density at radius 2 is 0.895 bits per heavy atom. The predicted octanol–water partition coefficient (Wildman–Crippen LogP) is 9.13. The molecule has 0 saturated heterocycles. The Morgan fingerprint density at radius 1 is 0.447 bits per heavy atom. The summed E-state index contributed by atoms with van der Waals surface area (Å²) in [7, 11) is 0. The first-order valence-corrected chi connectivity index (χ1v) is 13.2. The normalized spacial score (nSPS) is 11.9. The van der Waals surface area contributed by atoms with E-state index in [9.17, 15) is 0 Å². The van der Waals surface area contributed by atoms with Crippen molar-refractivity contribution in [2.75, 3.05) is 0 Å². The topological polar surface area (TPSA) is 38.7 Å². The standard InChI is InChI=1S/C35H35N3/c1-34(2,3)28-17-12-25(13-18-28)31-22-32(26-14-19-29(20-15-26)35(4,5)6)38-33(37-31)27-16-21-30(36-23-27)24-10-8-7-9-11-24/h7-23H,1-6H3. The maximum Gasteiger partial charge on any atom is 0.161 e. The Balaban J connectivity index is 1.59. The van der Waals surface area contributed by atoms with Crippen molar-refractivity contribution in [2.24, 2.45) is 0 Å². The molecule has 0 saturated carbocycles. The van der Waals surface area contributed by atoms with Gasteiger partial charge in [0.05, 0.1) is 17.1 Å². The molecule has 2 aromatic heterocycles. The van der Waals surface area contributed by atoms with E-state index < -0.39 is 0 Å². The average Bonchev–Trinajstić information content (AvgIpc) is 2.92. The highest BCUT2D eigenvalue weighted by atomic mass is 14.9. The van der Waals surface area contributed by atoms with Crippen molar-refractivity contribution in [2.45, 2.75) is 52.4 Å². The summed E-state index contributed by atoms with van der Waals surface area (Å²) in [5.41, 5.74) is 9.66. The molecule has 3 nitrogen and oxygen atoms in total. The fourth-order valence-electron chi connectivity index (χ4n) is 4.46. The third-order valence-corrected chi connectivity index (χ3v) is 6.91. The number of rotatable bonds is 4. The van der Waals surface area contributed by atoms with Crippen molar-refractivity contribution in [3.63, 3.8) is 0 Å². The summed E-state index contributed by atoms with van der Waals surface area (Å²) in [4.78, 5) is 14.7. The van der Waals surface area contributed by atoms with Crippen molar-refractivity contribution in [1.82, 2.24) is 15.0 Å². The van der Waals surface area contributed by atoms with E-state index in [2.05, 4.69) is 114 Å². The second kappa shape index (κ2) is 9.98. The fourth-order valence-corrected chi connectivity index (χ4v) is 4.46. The maximum absolute atomic E-state index is 5.00. The van der Waals surface area contributed by atoms with Gasteiger partial charge in [0, 0.05) is 28.5 Å². The molecule has 38 heavy (non-hydrogen) atoms. The van der Waals surface area contributed by atoms with Gasteiger partial charge in [-0.15, -0.1) is 0 Å². The Labute approximate surface area is 226 Å². The van der Waals surface area contributed by atoms with E-state index in [1.165, 1.54) is 11.1 Å². The van der Waals surface area contributed by atoms with Gasteiger partial charge in [0.2, 0.25) is 0 Å². The molecule has 0 fully saturated rings. The first-order chi connectivity index (χ1) is 18.1. The third-order valence-electron chi connectivity index (χ3n) is 6.91. The van der Waals surface area contributed by atoms with Crippen LogP contribution in [0.3, 0.4) is 0 Å². The van der Waals surface area contributed by atoms with Gasteiger partial charge in [0.15, 0.2) is 5.82 Å². The highest BCUT2D eigenvalue weighted by molar-refractivity contribution is 5.72. The molecule has 0 atom stereocenters. The molecular weight excluding hydrogens is 462 g/mol. The lowest BCUT2D eigenvalue weighted by Gasteiger charge is -2.19. The Kier molecular flexibility index (Phi) is 6.71. The van der Waals surface area contributed by atoms with Crippen molar-refractivity contribution in [3.8, 4) is 45.2 Å². The van der Waals surface area contributed by atoms with Crippen LogP contribution in [0.5, 0.6) is 0 Å². The second-order valence-corrected chi connectivity index (χ2v) is 11.9. The largest absolute Gasteiger partial charge is 0.255 e. The minimum absolute atomic E-state index is 0.0987. The number of benzene rings is 3. The number of nitrogens with zero attached hydrogens (tertiary/aromatic N) is 3. The van der Waals surface area contributed by atoms with Gasteiger partial charge in [0.1, 0.15) is 0 Å². The smallest absolute Gasteiger partial charge is 0.161 e. The van der Waals surface area contributed by atoms with Crippen LogP contribution in [0.2, 0.25) is 0 Å². The van der Waals surface area contributed by atoms with Crippen molar-refractivity contribution < 1.29 is 0 Å². The molecule has 0 aliphatic carbocycles. The lowest BCUT2D eigenvalue weighted by molar-refractivity contribution is 0.590. The van der Waals surface area contributed by atoms with Gasteiger partial charge in [-0.1, -0.05) is 120 Å². The quantitative estimate of drug-likeness (QED) is 0.248. The summed E-state index contributed by atoms with van der Waals surface area (Å²) in [6.07, 6.45) is 1.87. The molecule has 0 aliphatic rings. The number of hydrogen-bond acceptors (Lipinski definition) is 3. The molecule has 0 N–H and O–H groups in total. The van der Waals surface area contributed by atoms with E-state index in [0.29, 0.717) is 5.82 Å². The summed E-state index contributed by atoms with van der Waals surface area (Å²) in [6, 6.07) is 33.8. The minimum atomic E-state index is 0.0987. The molecule has 0 amide bonds. The van der Waals surface area contributed by atoms with Crippen LogP contribution in [0.4, 0.5) is 0 Å². The van der Waals surface area contributed by atoms with Gasteiger partial charge in [-0.2, -0.15) is 0 Å². The van der Waals surface area contributed by atoms with Crippen molar-refractivity contribution in [3.05, 3.63) is 114 Å². The molecule has 3 aromatic carbocycles. The second-order valence-electron chi connectivity index (χ2n) is 11.9. The van der Waals surface area contributed by atoms with E-state index in [-0.39, 0.29) is 10.8 Å². The monoisotopic (exact) mass is 497 g/mol. The Hall–Kier alpha value is -4.11. The molecule has 5 rings (SSSR count). The molecule has 0 aliphatic heterocycles. The molecule has 190 valence electrons. The highest BCUT2D eigenvalue weighted by Gasteiger charge is 2.17. The first kappa shape index (κ1) is 25.5. The molecule has 0 bridgehead atoms. The van der Waals surface area contributed by atoms with Crippen molar-refractivity contribution in [1.29, 1.82) is 0 Å². The van der Waals surface area contributed by atoms with Gasteiger partial charge in [-0.3, -0.25) is 4.98 Å². The van der Waals surface area contributed by atoms with Crippen molar-refractivity contribution >= 4 is 0 Å². The Morgan fingerprint density at radius 3 is 1.32 bits per heavy atom. The zero-order valence-electron chi connectivity index (χ0n) is 23.2. The van der Waals surface area contributed by atoms with Gasteiger partial charge in [-0.25, -0.2) is 9.97 Å². The lowest BCUT2D eigenvalue weighted by Crippen LogP contribution is -2.10. The van der Waals surface area contributed by atoms with Crippen LogP contribution in [0.15, 0.2) is 103 Å². The summed E-state index contributed by atoms with van der Waals surface area (Å²) < 4.78 is 0. The molecule has 0 spiro atoms. The number of aromatic nitrogens is 3. The number of hydrogen-bond donors (Lipinski definition) is 0. The molecule has 3 heteroatoms. The fraction of sp³-hybridized carbons (Fsp3) is 0.229. The van der Waals surface area contributed by atoms with Crippen LogP contribution in [0, 0.1) is 0 Å². The summed E-state index contributed by atoms with van der Waals surface area (Å²) in [5.74, 6) is 0.671. The van der Waals surface area contributed by atoms with Crippen LogP contribution in [-0.2, 0) is 10.8 Å². The molecule has 2 heterocycles. The van der Waals surface area contributed by atoms with Gasteiger partial charge in [0.25, 0.3) is 0 Å². The first-order valence-electron chi connectivity index (χ1n) is 13.2. The zero-order valence-corrected chi connectivity index (χ0v) is 23.2. The van der Waals surface area contributed by atoms with Gasteiger partial charge >= 0.3 is 0 Å². The van der Waals surface area contributed by atoms with Crippen LogP contribution in [0.25, 0.3) is 45.2 Å². The third kappa shape index (κ3) is 5.57. The minimum Gasteiger partial charge on any atom is -0.255 e. The van der Waals surface area contributed by atoms with Gasteiger partial charge < -0.3 is 0 Å². The molecular formula is C35H35N3. The Bertz CT molecular complexity index is 1440. The van der Waals surface area contributed by atoms with Crippen LogP contribution in [-0.4, -0.2) is 15.0 Å². The van der Waals surface area contributed by atoms with E-state index in [1.807, 2.05) is 30.5 Å². The van der Waals surface area contributed by atoms with E-state index in [0.717, 1.165) is 39.3 Å². The van der Waals surface area contributed by atoms with E-state index >= 15 is 0 Å². The summed E-state index contributed by atoms with van der Waals surface area (Å²) in [5, 5.41) is 0. The highest BCUT2D eigenvalue weighted by Crippen LogP contribution is 2.31. The van der Waals surface area contributed by atoms with Gasteiger partial charge in [-0.05, 0) is 40.2 Å². The molecule has 0 radical (unpaired) electrons. The summed E-state index contributed by atoms with van der Waals surface area (Å²) >= 11 is 0. The van der Waals surface area contributed by atoms with E-state index in [1.54, 1.807) is 0 Å². The van der Waals surface area contributed by atoms with Crippen LogP contribution >= 0.6 is 0 Å². The summed E-state index contributed by atoms with van der Waals surface area (Å²) in [6.45, 7) is 13.4. The molecule has 0 unspecified atom stereocenters. The maximum atomic E-state index is 5.00. The SMILES string of the molecule is CC(C)(C)c1ccc(-c2cc(-c3ccc(C(C)(C)C)cc3)nc(-c3ccc(-c4ccccc4)nc3)n2)cc1. The number of pyridine rings is 1. The van der Waals surface area contributed by atoms with Crippen LogP contribution < -0.4 is 0 Å². The van der Waals surface area contributed by atoms with Crippen LogP contribution in [0.1, 0.15) is 52.7 Å². The van der Waals surface area contributed by atoms with E-state index in [4.69, 9.17) is 15.0 Å². The lowest BCUT2D eigenvalue weighted by atomic mass is 9.86.